The van der Waals surface area contributed by atoms with E-state index in [0.29, 0.717) is 0 Å². The maximum absolute atomic E-state index is 5.73. The van der Waals surface area contributed by atoms with Crippen molar-refractivity contribution >= 4 is 5.95 Å². The summed E-state index contributed by atoms with van der Waals surface area (Å²) in [6, 6.07) is 0.155. The van der Waals surface area contributed by atoms with Crippen molar-refractivity contribution in [3.63, 3.8) is 0 Å². The fourth-order valence-electron chi connectivity index (χ4n) is 1.24. The van der Waals surface area contributed by atoms with Crippen LogP contribution in [0.25, 0.3) is 0 Å². The van der Waals surface area contributed by atoms with E-state index in [2.05, 4.69) is 9.97 Å². The van der Waals surface area contributed by atoms with Gasteiger partial charge in [0.25, 0.3) is 0 Å². The molecule has 0 amide bonds. The third-order valence-electron chi connectivity index (χ3n) is 2.01. The predicted octanol–water partition coefficient (Wildman–Crippen LogP) is 0.741. The van der Waals surface area contributed by atoms with Crippen molar-refractivity contribution in [3.8, 4) is 0 Å². The quantitative estimate of drug-likeness (QED) is 0.771. The minimum atomic E-state index is 0.155. The molecule has 1 atom stereocenters. The van der Waals surface area contributed by atoms with Gasteiger partial charge in [-0.25, -0.2) is 9.97 Å². The number of nitrogens with zero attached hydrogens (tertiary/aromatic N) is 3. The fourth-order valence-corrected chi connectivity index (χ4v) is 1.24. The molecule has 0 aliphatic rings. The zero-order valence-corrected chi connectivity index (χ0v) is 9.28. The van der Waals surface area contributed by atoms with Crippen LogP contribution in [0.2, 0.25) is 0 Å². The van der Waals surface area contributed by atoms with Crippen LogP contribution >= 0.6 is 0 Å². The van der Waals surface area contributed by atoms with Crippen LogP contribution in [0, 0.1) is 6.92 Å². The highest BCUT2D eigenvalue weighted by Gasteiger charge is 2.06. The van der Waals surface area contributed by atoms with E-state index in [1.165, 1.54) is 0 Å². The van der Waals surface area contributed by atoms with Crippen LogP contribution in [0.15, 0.2) is 6.20 Å². The first-order chi connectivity index (χ1) is 6.50. The normalized spacial score (nSPS) is 12.6. The summed E-state index contributed by atoms with van der Waals surface area (Å²) in [6.07, 6.45) is 2.70. The maximum Gasteiger partial charge on any atom is 0.224 e. The average molecular weight is 194 g/mol. The van der Waals surface area contributed by atoms with Crippen LogP contribution in [-0.2, 0) is 6.42 Å². The standard InChI is InChI=1S/C10H18N4/c1-7(11)5-9-6-12-10(14(3)4)13-8(9)2/h6-7H,5,11H2,1-4H3. The summed E-state index contributed by atoms with van der Waals surface area (Å²) in [5.74, 6) is 0.746. The van der Waals surface area contributed by atoms with E-state index in [-0.39, 0.29) is 6.04 Å². The van der Waals surface area contributed by atoms with E-state index < -0.39 is 0 Å². The minimum Gasteiger partial charge on any atom is -0.347 e. The smallest absolute Gasteiger partial charge is 0.224 e. The third-order valence-corrected chi connectivity index (χ3v) is 2.01. The molecule has 4 nitrogen and oxygen atoms in total. The molecule has 0 radical (unpaired) electrons. The Bertz CT molecular complexity index is 307. The van der Waals surface area contributed by atoms with Crippen LogP contribution in [0.5, 0.6) is 0 Å². The summed E-state index contributed by atoms with van der Waals surface area (Å²) in [4.78, 5) is 10.5. The number of hydrogen-bond donors (Lipinski definition) is 1. The molecular weight excluding hydrogens is 176 g/mol. The van der Waals surface area contributed by atoms with Crippen molar-refractivity contribution in [2.24, 2.45) is 5.73 Å². The van der Waals surface area contributed by atoms with Gasteiger partial charge in [0.15, 0.2) is 0 Å². The molecule has 2 N–H and O–H groups in total. The van der Waals surface area contributed by atoms with Gasteiger partial charge in [0.05, 0.1) is 0 Å². The molecule has 1 rings (SSSR count). The molecule has 0 aromatic carbocycles. The lowest BCUT2D eigenvalue weighted by Crippen LogP contribution is -2.20. The van der Waals surface area contributed by atoms with Gasteiger partial charge in [-0.15, -0.1) is 0 Å². The Kier molecular flexibility index (Phi) is 3.41. The first-order valence-electron chi connectivity index (χ1n) is 4.76. The van der Waals surface area contributed by atoms with E-state index in [0.717, 1.165) is 23.6 Å². The molecule has 14 heavy (non-hydrogen) atoms. The molecule has 0 aliphatic carbocycles. The summed E-state index contributed by atoms with van der Waals surface area (Å²) < 4.78 is 0. The van der Waals surface area contributed by atoms with Crippen LogP contribution < -0.4 is 10.6 Å². The van der Waals surface area contributed by atoms with Crippen molar-refractivity contribution in [2.75, 3.05) is 19.0 Å². The SMILES string of the molecule is Cc1nc(N(C)C)ncc1CC(C)N. The van der Waals surface area contributed by atoms with E-state index in [1.54, 1.807) is 0 Å². The first-order valence-corrected chi connectivity index (χ1v) is 4.76. The van der Waals surface area contributed by atoms with Gasteiger partial charge < -0.3 is 10.6 Å². The Hall–Kier alpha value is -1.16. The second kappa shape index (κ2) is 4.37. The Labute approximate surface area is 85.2 Å². The molecule has 0 saturated heterocycles. The number of hydrogen-bond acceptors (Lipinski definition) is 4. The molecule has 0 fully saturated rings. The second-order valence-corrected chi connectivity index (χ2v) is 3.86. The zero-order chi connectivity index (χ0) is 10.7. The number of anilines is 1. The van der Waals surface area contributed by atoms with Gasteiger partial charge in [-0.2, -0.15) is 0 Å². The lowest BCUT2D eigenvalue weighted by molar-refractivity contribution is 0.726. The lowest BCUT2D eigenvalue weighted by atomic mass is 10.1. The van der Waals surface area contributed by atoms with Crippen molar-refractivity contribution < 1.29 is 0 Å². The van der Waals surface area contributed by atoms with Crippen LogP contribution in [0.3, 0.4) is 0 Å². The molecule has 4 heteroatoms. The van der Waals surface area contributed by atoms with Crippen LogP contribution in [0.1, 0.15) is 18.2 Å². The van der Waals surface area contributed by atoms with Crippen molar-refractivity contribution in [1.82, 2.24) is 9.97 Å². The highest BCUT2D eigenvalue weighted by atomic mass is 15.2. The monoisotopic (exact) mass is 194 g/mol. The highest BCUT2D eigenvalue weighted by Crippen LogP contribution is 2.10. The van der Waals surface area contributed by atoms with E-state index >= 15 is 0 Å². The minimum absolute atomic E-state index is 0.155. The molecular formula is C10H18N4. The van der Waals surface area contributed by atoms with Gasteiger partial charge in [-0.1, -0.05) is 0 Å². The van der Waals surface area contributed by atoms with E-state index in [1.807, 2.05) is 39.0 Å². The number of nitrogens with two attached hydrogens (primary N) is 1. The predicted molar refractivity (Wildman–Crippen MR) is 58.4 cm³/mol. The Morgan fingerprint density at radius 3 is 2.57 bits per heavy atom. The summed E-state index contributed by atoms with van der Waals surface area (Å²) in [6.45, 7) is 3.98. The molecule has 1 aromatic heterocycles. The molecule has 78 valence electrons. The molecule has 0 spiro atoms. The van der Waals surface area contributed by atoms with Gasteiger partial charge in [-0.3, -0.25) is 0 Å². The van der Waals surface area contributed by atoms with Gasteiger partial charge in [0.2, 0.25) is 5.95 Å². The number of aromatic nitrogens is 2. The molecule has 0 saturated carbocycles. The zero-order valence-electron chi connectivity index (χ0n) is 9.28. The molecule has 0 bridgehead atoms. The van der Waals surface area contributed by atoms with E-state index in [4.69, 9.17) is 5.73 Å². The Balaban J connectivity index is 2.90. The van der Waals surface area contributed by atoms with Crippen LogP contribution in [0.4, 0.5) is 5.95 Å². The largest absolute Gasteiger partial charge is 0.347 e. The highest BCUT2D eigenvalue weighted by molar-refractivity contribution is 5.30. The molecule has 1 unspecified atom stereocenters. The number of aryl methyl sites for hydroxylation is 1. The fraction of sp³-hybridized carbons (Fsp3) is 0.600. The van der Waals surface area contributed by atoms with Crippen molar-refractivity contribution in [2.45, 2.75) is 26.3 Å². The summed E-state index contributed by atoms with van der Waals surface area (Å²) in [5.41, 5.74) is 7.87. The van der Waals surface area contributed by atoms with Crippen molar-refractivity contribution in [1.29, 1.82) is 0 Å². The third kappa shape index (κ3) is 2.67. The summed E-state index contributed by atoms with van der Waals surface area (Å²) in [7, 11) is 3.86. The maximum atomic E-state index is 5.73. The van der Waals surface area contributed by atoms with Gasteiger partial charge in [0, 0.05) is 32.0 Å². The number of rotatable bonds is 3. The molecule has 0 aliphatic heterocycles. The average Bonchev–Trinajstić information content (AvgIpc) is 2.07. The second-order valence-electron chi connectivity index (χ2n) is 3.86. The molecule has 1 heterocycles. The summed E-state index contributed by atoms with van der Waals surface area (Å²) in [5, 5.41) is 0. The summed E-state index contributed by atoms with van der Waals surface area (Å²) >= 11 is 0. The Morgan fingerprint density at radius 2 is 2.14 bits per heavy atom. The lowest BCUT2D eigenvalue weighted by Gasteiger charge is -2.13. The van der Waals surface area contributed by atoms with Gasteiger partial charge >= 0.3 is 0 Å². The van der Waals surface area contributed by atoms with Crippen LogP contribution in [-0.4, -0.2) is 30.1 Å². The van der Waals surface area contributed by atoms with Crippen molar-refractivity contribution in [3.05, 3.63) is 17.5 Å². The topological polar surface area (TPSA) is 55.0 Å². The van der Waals surface area contributed by atoms with E-state index in [9.17, 15) is 0 Å². The Morgan fingerprint density at radius 1 is 1.50 bits per heavy atom. The molecule has 1 aromatic rings. The van der Waals surface area contributed by atoms with Gasteiger partial charge in [0.1, 0.15) is 0 Å². The first kappa shape index (κ1) is 10.9. The van der Waals surface area contributed by atoms with Gasteiger partial charge in [-0.05, 0) is 25.8 Å².